The number of rotatable bonds is 6. The van der Waals surface area contributed by atoms with Crippen LogP contribution < -0.4 is 17.0 Å². The number of nitrogens with zero attached hydrogens (tertiary/aromatic N) is 1. The molecule has 0 unspecified atom stereocenters. The summed E-state index contributed by atoms with van der Waals surface area (Å²) in [4.78, 5) is 34.4. The number of hydrogen-bond acceptors (Lipinski definition) is 5. The van der Waals surface area contributed by atoms with E-state index in [1.54, 1.807) is 0 Å². The molecule has 0 atom stereocenters. The molecule has 2 amide bonds. The van der Waals surface area contributed by atoms with Gasteiger partial charge in [-0.05, 0) is 6.07 Å². The van der Waals surface area contributed by atoms with E-state index in [0.29, 0.717) is 4.31 Å². The normalized spacial score (nSPS) is 11.4. The standard InChI is InChI=1S/C9H12N4O5S/c10-7(14)4-13(5-8(11)15)19(17,18)6-1-2-9(16)12-3-6/h1-3H,4-5H2,(H2,10,14)(H2,11,15)(H,12,16). The van der Waals surface area contributed by atoms with Gasteiger partial charge in [0, 0.05) is 12.3 Å². The van der Waals surface area contributed by atoms with Crippen LogP contribution in [0.25, 0.3) is 0 Å². The van der Waals surface area contributed by atoms with Crippen LogP contribution in [0.2, 0.25) is 0 Å². The first-order valence-electron chi connectivity index (χ1n) is 4.99. The molecule has 0 aliphatic carbocycles. The van der Waals surface area contributed by atoms with E-state index in [0.717, 1.165) is 18.3 Å². The Hall–Kier alpha value is -2.20. The van der Waals surface area contributed by atoms with Crippen LogP contribution in [0.5, 0.6) is 0 Å². The lowest BCUT2D eigenvalue weighted by molar-refractivity contribution is -0.120. The largest absolute Gasteiger partial charge is 0.369 e. The highest BCUT2D eigenvalue weighted by Gasteiger charge is 2.27. The van der Waals surface area contributed by atoms with Gasteiger partial charge in [-0.2, -0.15) is 4.31 Å². The Kier molecular flexibility index (Phi) is 4.40. The number of primary amides is 2. The van der Waals surface area contributed by atoms with Crippen molar-refractivity contribution in [2.24, 2.45) is 11.5 Å². The molecule has 0 spiro atoms. The number of carbonyl (C=O) groups is 2. The van der Waals surface area contributed by atoms with Crippen LogP contribution in [-0.2, 0) is 19.6 Å². The molecule has 0 saturated heterocycles. The van der Waals surface area contributed by atoms with Crippen LogP contribution >= 0.6 is 0 Å². The van der Waals surface area contributed by atoms with Crippen LogP contribution in [0.15, 0.2) is 28.0 Å². The SMILES string of the molecule is NC(=O)CN(CC(N)=O)S(=O)(=O)c1ccc(=O)[nH]c1. The third kappa shape index (κ3) is 3.89. The molecule has 5 N–H and O–H groups in total. The second-order valence-electron chi connectivity index (χ2n) is 3.59. The number of nitrogens with two attached hydrogens (primary N) is 2. The van der Waals surface area contributed by atoms with Crippen LogP contribution in [-0.4, -0.2) is 42.6 Å². The summed E-state index contributed by atoms with van der Waals surface area (Å²) in [5, 5.41) is 0. The molecule has 9 nitrogen and oxygen atoms in total. The molecule has 104 valence electrons. The van der Waals surface area contributed by atoms with Gasteiger partial charge in [0.05, 0.1) is 18.0 Å². The third-order valence-electron chi connectivity index (χ3n) is 2.06. The van der Waals surface area contributed by atoms with Crippen molar-refractivity contribution in [3.8, 4) is 0 Å². The second kappa shape index (κ2) is 5.63. The van der Waals surface area contributed by atoms with Gasteiger partial charge in [-0.1, -0.05) is 0 Å². The fourth-order valence-electron chi connectivity index (χ4n) is 1.28. The number of H-pyrrole nitrogens is 1. The Balaban J connectivity index is 3.18. The molecule has 1 rings (SSSR count). The van der Waals surface area contributed by atoms with Crippen LogP contribution in [0.3, 0.4) is 0 Å². The highest BCUT2D eigenvalue weighted by atomic mass is 32.2. The zero-order chi connectivity index (χ0) is 14.6. The molecule has 0 aliphatic rings. The maximum absolute atomic E-state index is 12.1. The van der Waals surface area contributed by atoms with E-state index in [1.807, 2.05) is 0 Å². The minimum absolute atomic E-state index is 0.283. The maximum atomic E-state index is 12.1. The number of amides is 2. The minimum atomic E-state index is -4.15. The quantitative estimate of drug-likeness (QED) is 0.520. The van der Waals surface area contributed by atoms with E-state index in [2.05, 4.69) is 4.98 Å². The molecule has 1 heterocycles. The summed E-state index contributed by atoms with van der Waals surface area (Å²) in [6, 6.07) is 2.04. The van der Waals surface area contributed by atoms with Crippen molar-refractivity contribution < 1.29 is 18.0 Å². The van der Waals surface area contributed by atoms with Crippen molar-refractivity contribution in [3.63, 3.8) is 0 Å². The number of aromatic nitrogens is 1. The zero-order valence-electron chi connectivity index (χ0n) is 9.70. The minimum Gasteiger partial charge on any atom is -0.369 e. The molecule has 10 heteroatoms. The summed E-state index contributed by atoms with van der Waals surface area (Å²) >= 11 is 0. The van der Waals surface area contributed by atoms with Gasteiger partial charge in [0.15, 0.2) is 0 Å². The number of sulfonamides is 1. The summed E-state index contributed by atoms with van der Waals surface area (Å²) in [5.74, 6) is -1.87. The number of carbonyl (C=O) groups excluding carboxylic acids is 2. The fourth-order valence-corrected chi connectivity index (χ4v) is 2.62. The molecule has 19 heavy (non-hydrogen) atoms. The van der Waals surface area contributed by atoms with Crippen molar-refractivity contribution in [1.29, 1.82) is 0 Å². The molecule has 0 saturated carbocycles. The average molecular weight is 288 g/mol. The average Bonchev–Trinajstić information content (AvgIpc) is 2.27. The molecule has 0 bridgehead atoms. The third-order valence-corrected chi connectivity index (χ3v) is 3.85. The van der Waals surface area contributed by atoms with Crippen LogP contribution in [0.1, 0.15) is 0 Å². The molecule has 0 radical (unpaired) electrons. The Bertz CT molecular complexity index is 614. The van der Waals surface area contributed by atoms with Crippen molar-refractivity contribution in [2.45, 2.75) is 4.90 Å². The smallest absolute Gasteiger partial charge is 0.247 e. The lowest BCUT2D eigenvalue weighted by atomic mass is 10.5. The van der Waals surface area contributed by atoms with E-state index < -0.39 is 40.5 Å². The zero-order valence-corrected chi connectivity index (χ0v) is 10.5. The van der Waals surface area contributed by atoms with Crippen molar-refractivity contribution >= 4 is 21.8 Å². The highest BCUT2D eigenvalue weighted by molar-refractivity contribution is 7.89. The lowest BCUT2D eigenvalue weighted by Crippen LogP contribution is -2.43. The van der Waals surface area contributed by atoms with Crippen molar-refractivity contribution in [3.05, 3.63) is 28.7 Å². The van der Waals surface area contributed by atoms with Gasteiger partial charge in [0.25, 0.3) is 0 Å². The van der Waals surface area contributed by atoms with Gasteiger partial charge < -0.3 is 16.5 Å². The first kappa shape index (κ1) is 14.9. The molecule has 1 aromatic rings. The first-order valence-corrected chi connectivity index (χ1v) is 6.43. The predicted molar refractivity (Wildman–Crippen MR) is 64.2 cm³/mol. The molecule has 0 aromatic carbocycles. The summed E-state index contributed by atoms with van der Waals surface area (Å²) in [7, 11) is -4.15. The number of aromatic amines is 1. The topological polar surface area (TPSA) is 156 Å². The fraction of sp³-hybridized carbons (Fsp3) is 0.222. The summed E-state index contributed by atoms with van der Waals surface area (Å²) in [5.41, 5.74) is 9.34. The Labute approximate surface area is 108 Å². The van der Waals surface area contributed by atoms with Gasteiger partial charge >= 0.3 is 0 Å². The molecule has 1 aromatic heterocycles. The Morgan fingerprint density at radius 3 is 2.05 bits per heavy atom. The van der Waals surface area contributed by atoms with Gasteiger partial charge in [-0.25, -0.2) is 8.42 Å². The lowest BCUT2D eigenvalue weighted by Gasteiger charge is -2.18. The molecular formula is C9H12N4O5S. The van der Waals surface area contributed by atoms with E-state index >= 15 is 0 Å². The van der Waals surface area contributed by atoms with E-state index in [1.165, 1.54) is 0 Å². The van der Waals surface area contributed by atoms with Crippen LogP contribution in [0, 0.1) is 0 Å². The van der Waals surface area contributed by atoms with Crippen molar-refractivity contribution in [2.75, 3.05) is 13.1 Å². The van der Waals surface area contributed by atoms with Gasteiger partial charge in [0.2, 0.25) is 27.4 Å². The Morgan fingerprint density at radius 2 is 1.68 bits per heavy atom. The highest BCUT2D eigenvalue weighted by Crippen LogP contribution is 2.12. The second-order valence-corrected chi connectivity index (χ2v) is 5.53. The maximum Gasteiger partial charge on any atom is 0.247 e. The molecular weight excluding hydrogens is 276 g/mol. The first-order chi connectivity index (χ1) is 8.73. The summed E-state index contributed by atoms with van der Waals surface area (Å²) in [6.45, 7) is -1.38. The van der Waals surface area contributed by atoms with E-state index in [9.17, 15) is 22.8 Å². The summed E-state index contributed by atoms with van der Waals surface area (Å²) in [6.07, 6.45) is 0.951. The van der Waals surface area contributed by atoms with Gasteiger partial charge in [-0.3, -0.25) is 14.4 Å². The van der Waals surface area contributed by atoms with Crippen molar-refractivity contribution in [1.82, 2.24) is 9.29 Å². The van der Waals surface area contributed by atoms with Crippen LogP contribution in [0.4, 0.5) is 0 Å². The van der Waals surface area contributed by atoms with Gasteiger partial charge in [0.1, 0.15) is 0 Å². The molecule has 0 aliphatic heterocycles. The number of nitrogens with one attached hydrogen (secondary N) is 1. The van der Waals surface area contributed by atoms with Gasteiger partial charge in [-0.15, -0.1) is 0 Å². The van der Waals surface area contributed by atoms with E-state index in [4.69, 9.17) is 11.5 Å². The molecule has 0 fully saturated rings. The number of hydrogen-bond donors (Lipinski definition) is 3. The predicted octanol–water partition coefficient (Wildman–Crippen LogP) is -2.66. The Morgan fingerprint density at radius 1 is 1.16 bits per heavy atom. The van der Waals surface area contributed by atoms with E-state index in [-0.39, 0.29) is 4.90 Å². The monoisotopic (exact) mass is 288 g/mol. The summed E-state index contributed by atoms with van der Waals surface area (Å²) < 4.78 is 24.7. The number of pyridine rings is 1.